The van der Waals surface area contributed by atoms with Crippen molar-refractivity contribution in [1.29, 1.82) is 0 Å². The number of urea groups is 1. The van der Waals surface area contributed by atoms with Crippen LogP contribution in [0.5, 0.6) is 0 Å². The molecule has 1 aromatic heterocycles. The minimum atomic E-state index is -0.704. The van der Waals surface area contributed by atoms with Crippen LogP contribution in [0.15, 0.2) is 47.1 Å². The fraction of sp³-hybridized carbons (Fsp3) is 0.600. The first-order valence-corrected chi connectivity index (χ1v) is 17.2. The molecule has 0 saturated carbocycles. The Morgan fingerprint density at radius 1 is 0.848 bits per heavy atom. The third kappa shape index (κ3) is 7.92. The maximum atomic E-state index is 13.9. The minimum Gasteiger partial charge on any atom is -0.469 e. The van der Waals surface area contributed by atoms with Gasteiger partial charge in [-0.3, -0.25) is 14.4 Å². The Balaban J connectivity index is 1.04. The lowest BCUT2D eigenvalue weighted by Gasteiger charge is -2.41. The molecule has 1 atom stereocenters. The summed E-state index contributed by atoms with van der Waals surface area (Å²) in [5.74, 6) is -0.336. The quantitative estimate of drug-likeness (QED) is 0.411. The third-order valence-corrected chi connectivity index (χ3v) is 10.3. The van der Waals surface area contributed by atoms with Gasteiger partial charge >= 0.3 is 6.03 Å². The number of likely N-dealkylation sites (tertiary alicyclic amines) is 3. The Morgan fingerprint density at radius 2 is 1.57 bits per heavy atom. The summed E-state index contributed by atoms with van der Waals surface area (Å²) in [7, 11) is 0. The summed E-state index contributed by atoms with van der Waals surface area (Å²) in [5, 5.41) is 5.91. The maximum absolute atomic E-state index is 13.9. The topological polar surface area (TPSA) is 118 Å². The van der Waals surface area contributed by atoms with Crippen molar-refractivity contribution < 1.29 is 23.6 Å². The highest BCUT2D eigenvalue weighted by Gasteiger charge is 2.36. The van der Waals surface area contributed by atoms with Gasteiger partial charge < -0.3 is 34.7 Å². The van der Waals surface area contributed by atoms with E-state index in [0.29, 0.717) is 64.6 Å². The number of hydrogen-bond acceptors (Lipinski definition) is 6. The second kappa shape index (κ2) is 15.2. The molecule has 248 valence electrons. The van der Waals surface area contributed by atoms with Crippen molar-refractivity contribution in [2.24, 2.45) is 5.92 Å². The van der Waals surface area contributed by atoms with E-state index in [2.05, 4.69) is 15.5 Å². The first kappa shape index (κ1) is 32.1. The van der Waals surface area contributed by atoms with E-state index in [0.717, 1.165) is 42.9 Å². The van der Waals surface area contributed by atoms with Crippen LogP contribution in [0.25, 0.3) is 0 Å². The van der Waals surface area contributed by atoms with E-state index >= 15 is 0 Å². The summed E-state index contributed by atoms with van der Waals surface area (Å²) in [4.78, 5) is 61.5. The number of fused-ring (bicyclic) bond motifs is 1. The number of carbonyl (C=O) groups excluding carboxylic acids is 4. The lowest BCUT2D eigenvalue weighted by atomic mass is 9.94. The fourth-order valence-corrected chi connectivity index (χ4v) is 7.60. The number of nitrogens with one attached hydrogen (secondary N) is 2. The highest BCUT2D eigenvalue weighted by Crippen LogP contribution is 2.29. The predicted octanol–water partition coefficient (Wildman–Crippen LogP) is 3.85. The Kier molecular flexibility index (Phi) is 10.6. The van der Waals surface area contributed by atoms with Gasteiger partial charge in [0.25, 0.3) is 0 Å². The molecule has 0 bridgehead atoms. The molecule has 2 aromatic rings. The van der Waals surface area contributed by atoms with Crippen LogP contribution in [0, 0.1) is 5.92 Å². The van der Waals surface area contributed by atoms with Crippen LogP contribution >= 0.6 is 0 Å². The van der Waals surface area contributed by atoms with Gasteiger partial charge in [0.2, 0.25) is 17.7 Å². The molecule has 3 fully saturated rings. The van der Waals surface area contributed by atoms with Crippen LogP contribution in [0.3, 0.4) is 0 Å². The molecule has 2 N–H and O–H groups in total. The molecule has 5 amide bonds. The molecule has 0 aliphatic carbocycles. The SMILES string of the molecule is O=C(C[C@@H](CC(=O)N1CCC(N2Cc3ccccc3NC2=O)CC1)C(=O)N1CCC(N2CCCCC2)CC1)NCCc1ccco1. The zero-order valence-electron chi connectivity index (χ0n) is 26.8. The number of piperidine rings is 3. The summed E-state index contributed by atoms with van der Waals surface area (Å²) in [6, 6.07) is 12.0. The standard InChI is InChI=1S/C35H48N6O5/c42-32(36-15-10-30-8-6-22-46-30)23-27(34(44)40-20-11-28(12-21-40)38-16-4-1-5-17-38)24-33(43)39-18-13-29(14-19-39)41-25-26-7-2-3-9-31(26)37-35(41)45/h2-3,6-9,22,27-29H,1,4-5,10-21,23-25H2,(H,36,42)(H,37,45)/t27-/m0/s1. The van der Waals surface area contributed by atoms with E-state index < -0.39 is 5.92 Å². The smallest absolute Gasteiger partial charge is 0.322 e. The van der Waals surface area contributed by atoms with Gasteiger partial charge in [-0.25, -0.2) is 4.79 Å². The predicted molar refractivity (Wildman–Crippen MR) is 174 cm³/mol. The first-order chi connectivity index (χ1) is 22.4. The van der Waals surface area contributed by atoms with Crippen molar-refractivity contribution in [2.45, 2.75) is 82.8 Å². The molecule has 6 rings (SSSR count). The van der Waals surface area contributed by atoms with Gasteiger partial charge in [0.15, 0.2) is 0 Å². The van der Waals surface area contributed by atoms with E-state index in [4.69, 9.17) is 4.42 Å². The molecule has 3 saturated heterocycles. The van der Waals surface area contributed by atoms with E-state index in [9.17, 15) is 19.2 Å². The summed E-state index contributed by atoms with van der Waals surface area (Å²) in [6.07, 6.45) is 9.18. The Bertz CT molecular complexity index is 1340. The monoisotopic (exact) mass is 632 g/mol. The molecule has 46 heavy (non-hydrogen) atoms. The average Bonchev–Trinajstić information content (AvgIpc) is 3.61. The fourth-order valence-electron chi connectivity index (χ4n) is 7.60. The highest BCUT2D eigenvalue weighted by atomic mass is 16.3. The Hall–Kier alpha value is -3.86. The van der Waals surface area contributed by atoms with E-state index in [1.807, 2.05) is 51.1 Å². The van der Waals surface area contributed by atoms with Crippen LogP contribution in [-0.4, -0.2) is 101 Å². The molecule has 11 heteroatoms. The number of benzene rings is 1. The molecule has 0 spiro atoms. The van der Waals surface area contributed by atoms with Gasteiger partial charge in [0, 0.05) is 76.3 Å². The van der Waals surface area contributed by atoms with E-state index in [-0.39, 0.29) is 42.6 Å². The number of amides is 5. The maximum Gasteiger partial charge on any atom is 0.322 e. The summed E-state index contributed by atoms with van der Waals surface area (Å²) in [5.41, 5.74) is 1.94. The second-order valence-corrected chi connectivity index (χ2v) is 13.3. The summed E-state index contributed by atoms with van der Waals surface area (Å²) >= 11 is 0. The number of rotatable bonds is 10. The zero-order chi connectivity index (χ0) is 31.9. The summed E-state index contributed by atoms with van der Waals surface area (Å²) in [6.45, 7) is 5.61. The van der Waals surface area contributed by atoms with Crippen LogP contribution in [0.1, 0.15) is 69.1 Å². The molecule has 0 radical (unpaired) electrons. The van der Waals surface area contributed by atoms with Crippen molar-refractivity contribution in [3.63, 3.8) is 0 Å². The molecular formula is C35H48N6O5. The van der Waals surface area contributed by atoms with Crippen LogP contribution in [-0.2, 0) is 27.3 Å². The lowest BCUT2D eigenvalue weighted by molar-refractivity contribution is -0.144. The Morgan fingerprint density at radius 3 is 2.30 bits per heavy atom. The minimum absolute atomic E-state index is 0.0126. The number of hydrogen-bond donors (Lipinski definition) is 2. The molecule has 5 heterocycles. The molecular weight excluding hydrogens is 584 g/mol. The highest BCUT2D eigenvalue weighted by molar-refractivity contribution is 5.92. The molecule has 0 unspecified atom stereocenters. The van der Waals surface area contributed by atoms with Crippen molar-refractivity contribution in [3.05, 3.63) is 54.0 Å². The number of nitrogens with zero attached hydrogens (tertiary/aromatic N) is 4. The van der Waals surface area contributed by atoms with Crippen molar-refractivity contribution in [2.75, 3.05) is 51.1 Å². The average molecular weight is 633 g/mol. The van der Waals surface area contributed by atoms with Gasteiger partial charge in [-0.05, 0) is 75.4 Å². The van der Waals surface area contributed by atoms with Gasteiger partial charge in [0.05, 0.1) is 12.2 Å². The van der Waals surface area contributed by atoms with Crippen LogP contribution < -0.4 is 10.6 Å². The van der Waals surface area contributed by atoms with Gasteiger partial charge in [0.1, 0.15) is 5.76 Å². The van der Waals surface area contributed by atoms with Gasteiger partial charge in [-0.15, -0.1) is 0 Å². The lowest BCUT2D eigenvalue weighted by Crippen LogP contribution is -2.52. The molecule has 4 aliphatic heterocycles. The van der Waals surface area contributed by atoms with Gasteiger partial charge in [-0.2, -0.15) is 0 Å². The van der Waals surface area contributed by atoms with Crippen LogP contribution in [0.4, 0.5) is 10.5 Å². The molecule has 4 aliphatic rings. The van der Waals surface area contributed by atoms with E-state index in [1.165, 1.54) is 19.3 Å². The Labute approximate surface area is 271 Å². The molecule has 11 nitrogen and oxygen atoms in total. The first-order valence-electron chi connectivity index (χ1n) is 17.2. The number of para-hydroxylation sites is 1. The summed E-state index contributed by atoms with van der Waals surface area (Å²) < 4.78 is 5.36. The normalized spacial score (nSPS) is 20.6. The zero-order valence-corrected chi connectivity index (χ0v) is 26.8. The van der Waals surface area contributed by atoms with Crippen molar-refractivity contribution in [1.82, 2.24) is 24.9 Å². The number of anilines is 1. The molecule has 1 aromatic carbocycles. The van der Waals surface area contributed by atoms with Crippen molar-refractivity contribution in [3.8, 4) is 0 Å². The van der Waals surface area contributed by atoms with Gasteiger partial charge in [-0.1, -0.05) is 24.6 Å². The van der Waals surface area contributed by atoms with E-state index in [1.54, 1.807) is 6.26 Å². The number of carbonyl (C=O) groups is 4. The van der Waals surface area contributed by atoms with Crippen molar-refractivity contribution >= 4 is 29.4 Å². The van der Waals surface area contributed by atoms with Crippen LogP contribution in [0.2, 0.25) is 0 Å². The third-order valence-electron chi connectivity index (χ3n) is 10.3. The second-order valence-electron chi connectivity index (χ2n) is 13.3. The largest absolute Gasteiger partial charge is 0.469 e. The number of furan rings is 1.